The van der Waals surface area contributed by atoms with Crippen LogP contribution in [0, 0.1) is 10.1 Å². The number of allylic oxidation sites excluding steroid dienone is 1. The molecule has 1 unspecified atom stereocenters. The maximum absolute atomic E-state index is 12.7. The number of halogens is 1. The minimum absolute atomic E-state index is 0.00997. The van der Waals surface area contributed by atoms with Crippen molar-refractivity contribution in [2.75, 3.05) is 19.6 Å². The first-order chi connectivity index (χ1) is 16.7. The average Bonchev–Trinajstić information content (AvgIpc) is 2.81. The van der Waals surface area contributed by atoms with Crippen LogP contribution in [0.5, 0.6) is 0 Å². The Balaban J connectivity index is 1.65. The van der Waals surface area contributed by atoms with Gasteiger partial charge in [-0.05, 0) is 43.1 Å². The van der Waals surface area contributed by atoms with Gasteiger partial charge >= 0.3 is 12.0 Å². The summed E-state index contributed by atoms with van der Waals surface area (Å²) in [7, 11) is 0. The van der Waals surface area contributed by atoms with Gasteiger partial charge in [0.25, 0.3) is 5.69 Å². The van der Waals surface area contributed by atoms with E-state index in [0.717, 1.165) is 5.56 Å². The molecule has 3 N–H and O–H groups in total. The molecule has 0 spiro atoms. The van der Waals surface area contributed by atoms with E-state index in [1.165, 1.54) is 30.0 Å². The van der Waals surface area contributed by atoms with Gasteiger partial charge in [-0.1, -0.05) is 35.9 Å². The number of Topliss-reactive ketones (excluding diaryl/α,β-unsaturated/α-hetero) is 1. The van der Waals surface area contributed by atoms with Crippen LogP contribution in [-0.2, 0) is 16.0 Å². The van der Waals surface area contributed by atoms with Crippen molar-refractivity contribution in [2.24, 2.45) is 0 Å². The fourth-order valence-corrected chi connectivity index (χ4v) is 4.06. The van der Waals surface area contributed by atoms with Crippen molar-refractivity contribution >= 4 is 35.1 Å². The van der Waals surface area contributed by atoms with Crippen LogP contribution in [0.25, 0.3) is 0 Å². The summed E-state index contributed by atoms with van der Waals surface area (Å²) in [5, 5.41) is 27.2. The summed E-state index contributed by atoms with van der Waals surface area (Å²) in [6.07, 6.45) is 0.693. The minimum atomic E-state index is -1.23. The van der Waals surface area contributed by atoms with Crippen LogP contribution in [0.1, 0.15) is 30.5 Å². The fraction of sp³-hybridized carbons (Fsp3) is 0.292. The van der Waals surface area contributed by atoms with Crippen molar-refractivity contribution in [1.82, 2.24) is 15.5 Å². The number of urea groups is 1. The van der Waals surface area contributed by atoms with Gasteiger partial charge in [0.1, 0.15) is 0 Å². The van der Waals surface area contributed by atoms with Crippen LogP contribution in [0.3, 0.4) is 0 Å². The lowest BCUT2D eigenvalue weighted by Crippen LogP contribution is -2.49. The first-order valence-electron chi connectivity index (χ1n) is 10.9. The SMILES string of the molecule is CC1=C(C(=O)O)C(c2cccc([N+](=O)[O-])c2)N(CCCNCC(=O)Cc2ccc(Cl)cc2)C(=O)N1. The number of carboxylic acid groups (broad SMARTS) is 1. The van der Waals surface area contributed by atoms with Gasteiger partial charge in [-0.15, -0.1) is 0 Å². The van der Waals surface area contributed by atoms with Crippen LogP contribution in [-0.4, -0.2) is 52.3 Å². The van der Waals surface area contributed by atoms with Crippen LogP contribution in [0.4, 0.5) is 10.5 Å². The number of aliphatic carboxylic acids is 1. The molecule has 1 aliphatic rings. The molecule has 1 aliphatic heterocycles. The maximum Gasteiger partial charge on any atom is 0.335 e. The van der Waals surface area contributed by atoms with E-state index in [2.05, 4.69) is 10.6 Å². The van der Waals surface area contributed by atoms with Crippen molar-refractivity contribution in [1.29, 1.82) is 0 Å². The molecule has 2 aromatic carbocycles. The number of hydrogen-bond acceptors (Lipinski definition) is 6. The molecule has 184 valence electrons. The normalized spacial score (nSPS) is 15.7. The van der Waals surface area contributed by atoms with Crippen LogP contribution in [0.2, 0.25) is 5.02 Å². The molecule has 2 amide bonds. The van der Waals surface area contributed by atoms with Gasteiger partial charge in [-0.25, -0.2) is 9.59 Å². The Morgan fingerprint density at radius 1 is 1.23 bits per heavy atom. The number of carbonyl (C=O) groups is 3. The lowest BCUT2D eigenvalue weighted by molar-refractivity contribution is -0.384. The fourth-order valence-electron chi connectivity index (χ4n) is 3.94. The van der Waals surface area contributed by atoms with E-state index >= 15 is 0 Å². The lowest BCUT2D eigenvalue weighted by Gasteiger charge is -2.37. The summed E-state index contributed by atoms with van der Waals surface area (Å²) in [6, 6.07) is 11.1. The topological polar surface area (TPSA) is 142 Å². The van der Waals surface area contributed by atoms with E-state index in [4.69, 9.17) is 11.6 Å². The van der Waals surface area contributed by atoms with Gasteiger partial charge in [0, 0.05) is 35.8 Å². The Morgan fingerprint density at radius 2 is 1.94 bits per heavy atom. The molecule has 3 rings (SSSR count). The Morgan fingerprint density at radius 3 is 2.60 bits per heavy atom. The third-order valence-electron chi connectivity index (χ3n) is 5.56. The molecule has 1 atom stereocenters. The molecule has 0 aliphatic carbocycles. The minimum Gasteiger partial charge on any atom is -0.478 e. The average molecular weight is 501 g/mol. The Bertz CT molecular complexity index is 1160. The second-order valence-electron chi connectivity index (χ2n) is 8.09. The largest absolute Gasteiger partial charge is 0.478 e. The first kappa shape index (κ1) is 25.9. The molecule has 11 heteroatoms. The molecule has 0 fully saturated rings. The number of nitrogens with zero attached hydrogens (tertiary/aromatic N) is 2. The highest BCUT2D eigenvalue weighted by Gasteiger charge is 2.37. The van der Waals surface area contributed by atoms with Crippen molar-refractivity contribution < 1.29 is 24.4 Å². The molecular weight excluding hydrogens is 476 g/mol. The molecule has 0 radical (unpaired) electrons. The Hall–Kier alpha value is -3.76. The molecular formula is C24H25ClN4O6. The molecule has 35 heavy (non-hydrogen) atoms. The summed E-state index contributed by atoms with van der Waals surface area (Å²) < 4.78 is 0. The summed E-state index contributed by atoms with van der Waals surface area (Å²) in [4.78, 5) is 49.0. The van der Waals surface area contributed by atoms with E-state index in [0.29, 0.717) is 23.6 Å². The van der Waals surface area contributed by atoms with E-state index < -0.39 is 23.0 Å². The Kier molecular flexibility index (Phi) is 8.56. The molecule has 10 nitrogen and oxygen atoms in total. The second-order valence-corrected chi connectivity index (χ2v) is 8.53. The summed E-state index contributed by atoms with van der Waals surface area (Å²) in [5.74, 6) is -1.24. The van der Waals surface area contributed by atoms with Gasteiger partial charge < -0.3 is 20.6 Å². The number of carbonyl (C=O) groups excluding carboxylic acids is 2. The number of carboxylic acids is 1. The smallest absolute Gasteiger partial charge is 0.335 e. The number of rotatable bonds is 11. The highest BCUT2D eigenvalue weighted by Crippen LogP contribution is 2.35. The molecule has 0 saturated heterocycles. The number of non-ortho nitro benzene ring substituents is 1. The zero-order valence-electron chi connectivity index (χ0n) is 19.0. The predicted molar refractivity (Wildman–Crippen MR) is 129 cm³/mol. The zero-order valence-corrected chi connectivity index (χ0v) is 19.7. The number of nitro benzene ring substituents is 1. The molecule has 2 aromatic rings. The molecule has 0 saturated carbocycles. The molecule has 0 aromatic heterocycles. The lowest BCUT2D eigenvalue weighted by atomic mass is 9.93. The van der Waals surface area contributed by atoms with Crippen molar-refractivity contribution in [3.63, 3.8) is 0 Å². The third-order valence-corrected chi connectivity index (χ3v) is 5.81. The van der Waals surface area contributed by atoms with Crippen LogP contribution >= 0.6 is 11.6 Å². The Labute approximate surface area is 206 Å². The van der Waals surface area contributed by atoms with Gasteiger partial charge in [0.2, 0.25) is 0 Å². The zero-order chi connectivity index (χ0) is 25.5. The number of benzene rings is 2. The van der Waals surface area contributed by atoms with Gasteiger partial charge in [0.05, 0.1) is 23.1 Å². The highest BCUT2D eigenvalue weighted by atomic mass is 35.5. The van der Waals surface area contributed by atoms with Gasteiger partial charge in [-0.3, -0.25) is 14.9 Å². The third kappa shape index (κ3) is 6.65. The number of nitrogens with one attached hydrogen (secondary N) is 2. The van der Waals surface area contributed by atoms with E-state index in [9.17, 15) is 29.6 Å². The standard InChI is InChI=1S/C24H25ClN4O6/c1-15-21(23(31)32)22(17-4-2-5-19(13-17)29(34)35)28(24(33)27-15)11-3-10-26-14-20(30)12-16-6-8-18(25)9-7-16/h2,4-9,13,22,26H,3,10-12,14H2,1H3,(H,27,33)(H,31,32). The monoisotopic (exact) mass is 500 g/mol. The first-order valence-corrected chi connectivity index (χ1v) is 11.3. The summed E-state index contributed by atoms with van der Waals surface area (Å²) >= 11 is 5.85. The second kappa shape index (κ2) is 11.6. The number of amides is 2. The predicted octanol–water partition coefficient (Wildman–Crippen LogP) is 3.46. The number of ketones is 1. The van der Waals surface area contributed by atoms with E-state index in [1.807, 2.05) is 0 Å². The quantitative estimate of drug-likeness (QED) is 0.243. The number of hydrogen-bond donors (Lipinski definition) is 3. The summed E-state index contributed by atoms with van der Waals surface area (Å²) in [6.45, 7) is 2.20. The van der Waals surface area contributed by atoms with E-state index in [1.54, 1.807) is 30.3 Å². The highest BCUT2D eigenvalue weighted by molar-refractivity contribution is 6.30. The van der Waals surface area contributed by atoms with Crippen molar-refractivity contribution in [3.8, 4) is 0 Å². The van der Waals surface area contributed by atoms with Gasteiger partial charge in [-0.2, -0.15) is 0 Å². The number of nitro groups is 1. The van der Waals surface area contributed by atoms with Crippen LogP contribution in [0.15, 0.2) is 59.8 Å². The van der Waals surface area contributed by atoms with Crippen molar-refractivity contribution in [2.45, 2.75) is 25.8 Å². The van der Waals surface area contributed by atoms with E-state index in [-0.39, 0.29) is 42.3 Å². The molecule has 0 bridgehead atoms. The van der Waals surface area contributed by atoms with Crippen molar-refractivity contribution in [3.05, 3.63) is 86.1 Å². The van der Waals surface area contributed by atoms with Crippen LogP contribution < -0.4 is 10.6 Å². The molecule has 1 heterocycles. The summed E-state index contributed by atoms with van der Waals surface area (Å²) in [5.41, 5.74) is 1.11. The maximum atomic E-state index is 12.7. The van der Waals surface area contributed by atoms with Gasteiger partial charge in [0.15, 0.2) is 5.78 Å².